The lowest BCUT2D eigenvalue weighted by Crippen LogP contribution is -2.05. The topological polar surface area (TPSA) is 50.7 Å². The molecule has 0 saturated carbocycles. The molecular weight excluding hydrogens is 380 g/mol. The molecule has 0 fully saturated rings. The van der Waals surface area contributed by atoms with Crippen molar-refractivity contribution in [1.82, 2.24) is 15.2 Å². The monoisotopic (exact) mass is 402 g/mol. The molecule has 31 heavy (non-hydrogen) atoms. The number of nitrogens with one attached hydrogen (secondary N) is 1. The van der Waals surface area contributed by atoms with Gasteiger partial charge in [-0.05, 0) is 35.7 Å². The van der Waals surface area contributed by atoms with Crippen LogP contribution in [-0.2, 0) is 6.54 Å². The molecule has 1 N–H and O–H groups in total. The molecular formula is C27H22N4. The van der Waals surface area contributed by atoms with Gasteiger partial charge in [-0.25, -0.2) is 0 Å². The molecule has 0 aliphatic heterocycles. The molecule has 4 heteroatoms. The molecule has 0 aliphatic carbocycles. The maximum absolute atomic E-state index is 4.63. The summed E-state index contributed by atoms with van der Waals surface area (Å²) in [4.78, 5) is 4.33. The van der Waals surface area contributed by atoms with Crippen LogP contribution in [-0.4, -0.2) is 15.2 Å². The van der Waals surface area contributed by atoms with Crippen LogP contribution in [0.1, 0.15) is 11.3 Å². The van der Waals surface area contributed by atoms with E-state index in [2.05, 4.69) is 81.2 Å². The molecule has 5 aromatic rings. The van der Waals surface area contributed by atoms with Crippen LogP contribution in [0.4, 0.5) is 5.82 Å². The van der Waals surface area contributed by atoms with Crippen LogP contribution >= 0.6 is 0 Å². The molecule has 0 bridgehead atoms. The van der Waals surface area contributed by atoms with E-state index >= 15 is 0 Å². The first-order valence-electron chi connectivity index (χ1n) is 10.4. The largest absolute Gasteiger partial charge is 0.364 e. The summed E-state index contributed by atoms with van der Waals surface area (Å²) in [5.74, 6) is 0.785. The number of fused-ring (bicyclic) bond motifs is 1. The van der Waals surface area contributed by atoms with Gasteiger partial charge in [-0.1, -0.05) is 78.9 Å². The summed E-state index contributed by atoms with van der Waals surface area (Å²) >= 11 is 0. The van der Waals surface area contributed by atoms with Crippen LogP contribution in [0.15, 0.2) is 97.2 Å². The molecule has 3 aromatic carbocycles. The van der Waals surface area contributed by atoms with Crippen molar-refractivity contribution in [3.8, 4) is 22.4 Å². The van der Waals surface area contributed by atoms with Gasteiger partial charge in [0.15, 0.2) is 5.82 Å². The fourth-order valence-electron chi connectivity index (χ4n) is 3.88. The third-order valence-electron chi connectivity index (χ3n) is 5.36. The Kier molecular flexibility index (Phi) is 5.11. The van der Waals surface area contributed by atoms with Crippen LogP contribution in [0.25, 0.3) is 33.2 Å². The zero-order valence-corrected chi connectivity index (χ0v) is 17.3. The molecule has 0 atom stereocenters. The van der Waals surface area contributed by atoms with Crippen LogP contribution < -0.4 is 5.32 Å². The Morgan fingerprint density at radius 1 is 0.742 bits per heavy atom. The second-order valence-corrected chi connectivity index (χ2v) is 7.52. The third kappa shape index (κ3) is 3.88. The summed E-state index contributed by atoms with van der Waals surface area (Å²) in [6.45, 7) is 2.67. The van der Waals surface area contributed by atoms with Crippen molar-refractivity contribution in [3.05, 3.63) is 108 Å². The minimum absolute atomic E-state index is 0.682. The van der Waals surface area contributed by atoms with E-state index in [0.717, 1.165) is 44.7 Å². The first-order valence-corrected chi connectivity index (χ1v) is 10.4. The van der Waals surface area contributed by atoms with Crippen molar-refractivity contribution in [1.29, 1.82) is 0 Å². The van der Waals surface area contributed by atoms with Crippen molar-refractivity contribution < 1.29 is 0 Å². The maximum Gasteiger partial charge on any atom is 0.157 e. The molecule has 0 amide bonds. The SMILES string of the molecule is Cc1cc(-c2nnc(NCc3ccccc3)c3c(-c4ccccc4)cccc23)ccn1. The zero-order chi connectivity index (χ0) is 21.0. The number of hydrogen-bond acceptors (Lipinski definition) is 4. The quantitative estimate of drug-likeness (QED) is 0.376. The standard InChI is InChI=1S/C27H22N4/c1-19-17-22(15-16-28-19)26-24-14-8-13-23(21-11-6-3-7-12-21)25(24)27(31-30-26)29-18-20-9-4-2-5-10-20/h2-17H,18H2,1H3,(H,29,31). The molecule has 0 radical (unpaired) electrons. The Hall–Kier alpha value is -4.05. The Labute approximate surface area is 181 Å². The van der Waals surface area contributed by atoms with E-state index in [1.165, 1.54) is 5.56 Å². The normalized spacial score (nSPS) is 10.9. The van der Waals surface area contributed by atoms with E-state index in [1.54, 1.807) is 0 Å². The van der Waals surface area contributed by atoms with Crippen LogP contribution in [0.3, 0.4) is 0 Å². The number of rotatable bonds is 5. The van der Waals surface area contributed by atoms with Crippen molar-refractivity contribution in [2.75, 3.05) is 5.32 Å². The van der Waals surface area contributed by atoms with Crippen molar-refractivity contribution in [2.45, 2.75) is 13.5 Å². The van der Waals surface area contributed by atoms with Gasteiger partial charge in [0.25, 0.3) is 0 Å². The highest BCUT2D eigenvalue weighted by Gasteiger charge is 2.15. The highest BCUT2D eigenvalue weighted by Crippen LogP contribution is 2.37. The number of anilines is 1. The number of aromatic nitrogens is 3. The molecule has 2 aromatic heterocycles. The van der Waals surface area contributed by atoms with Crippen molar-refractivity contribution >= 4 is 16.6 Å². The van der Waals surface area contributed by atoms with Gasteiger partial charge in [-0.15, -0.1) is 10.2 Å². The number of hydrogen-bond donors (Lipinski definition) is 1. The van der Waals surface area contributed by atoms with E-state index in [4.69, 9.17) is 0 Å². The molecule has 5 rings (SSSR count). The summed E-state index contributed by atoms with van der Waals surface area (Å²) < 4.78 is 0. The summed E-state index contributed by atoms with van der Waals surface area (Å²) in [7, 11) is 0. The van der Waals surface area contributed by atoms with Gasteiger partial charge in [-0.2, -0.15) is 0 Å². The van der Waals surface area contributed by atoms with Gasteiger partial charge in [-0.3, -0.25) is 4.98 Å². The van der Waals surface area contributed by atoms with Crippen molar-refractivity contribution in [3.63, 3.8) is 0 Å². The molecule has 4 nitrogen and oxygen atoms in total. The second kappa shape index (κ2) is 8.36. The Morgan fingerprint density at radius 3 is 2.29 bits per heavy atom. The maximum atomic E-state index is 4.63. The molecule has 2 heterocycles. The molecule has 0 aliphatic rings. The minimum atomic E-state index is 0.682. The second-order valence-electron chi connectivity index (χ2n) is 7.52. The number of pyridine rings is 1. The zero-order valence-electron chi connectivity index (χ0n) is 17.3. The number of aryl methyl sites for hydroxylation is 1. The molecule has 0 unspecified atom stereocenters. The van der Waals surface area contributed by atoms with E-state index in [-0.39, 0.29) is 0 Å². The Balaban J connectivity index is 1.70. The smallest absolute Gasteiger partial charge is 0.157 e. The summed E-state index contributed by atoms with van der Waals surface area (Å²) in [5.41, 5.74) is 6.33. The van der Waals surface area contributed by atoms with Gasteiger partial charge in [0, 0.05) is 34.8 Å². The van der Waals surface area contributed by atoms with Gasteiger partial charge < -0.3 is 5.32 Å². The predicted molar refractivity (Wildman–Crippen MR) is 127 cm³/mol. The number of nitrogens with zero attached hydrogens (tertiary/aromatic N) is 3. The lowest BCUT2D eigenvalue weighted by Gasteiger charge is -2.15. The molecule has 0 saturated heterocycles. The average Bonchev–Trinajstić information content (AvgIpc) is 2.83. The lowest BCUT2D eigenvalue weighted by atomic mass is 9.96. The molecule has 0 spiro atoms. The van der Waals surface area contributed by atoms with Gasteiger partial charge in [0.05, 0.1) is 0 Å². The number of benzene rings is 3. The summed E-state index contributed by atoms with van der Waals surface area (Å²) in [6.07, 6.45) is 1.82. The third-order valence-corrected chi connectivity index (χ3v) is 5.36. The first kappa shape index (κ1) is 18.9. The van der Waals surface area contributed by atoms with Crippen LogP contribution in [0.5, 0.6) is 0 Å². The van der Waals surface area contributed by atoms with E-state index in [1.807, 2.05) is 43.5 Å². The van der Waals surface area contributed by atoms with Crippen molar-refractivity contribution in [2.24, 2.45) is 0 Å². The minimum Gasteiger partial charge on any atom is -0.364 e. The fourth-order valence-corrected chi connectivity index (χ4v) is 3.88. The van der Waals surface area contributed by atoms with E-state index in [0.29, 0.717) is 6.54 Å². The Morgan fingerprint density at radius 2 is 1.52 bits per heavy atom. The molecule has 150 valence electrons. The van der Waals surface area contributed by atoms with E-state index in [9.17, 15) is 0 Å². The fraction of sp³-hybridized carbons (Fsp3) is 0.0741. The summed E-state index contributed by atoms with van der Waals surface area (Å²) in [6, 6.07) is 31.2. The van der Waals surface area contributed by atoms with Gasteiger partial charge in [0.1, 0.15) is 5.69 Å². The first-order chi connectivity index (χ1) is 15.3. The highest BCUT2D eigenvalue weighted by atomic mass is 15.2. The van der Waals surface area contributed by atoms with E-state index < -0.39 is 0 Å². The van der Waals surface area contributed by atoms with Crippen LogP contribution in [0, 0.1) is 6.92 Å². The van der Waals surface area contributed by atoms with Crippen LogP contribution in [0.2, 0.25) is 0 Å². The lowest BCUT2D eigenvalue weighted by molar-refractivity contribution is 1.02. The highest BCUT2D eigenvalue weighted by molar-refractivity contribution is 6.08. The summed E-state index contributed by atoms with van der Waals surface area (Å²) in [5, 5.41) is 14.9. The average molecular weight is 403 g/mol. The Bertz CT molecular complexity index is 1330. The van der Waals surface area contributed by atoms with Gasteiger partial charge >= 0.3 is 0 Å². The predicted octanol–water partition coefficient (Wildman–Crippen LogP) is 6.28. The van der Waals surface area contributed by atoms with Gasteiger partial charge in [0.2, 0.25) is 0 Å².